The Labute approximate surface area is 192 Å². The number of nitrogens with zero attached hydrogens (tertiary/aromatic N) is 5. The number of hydrogen-bond acceptors (Lipinski definition) is 5. The summed E-state index contributed by atoms with van der Waals surface area (Å²) in [5.41, 5.74) is -0.295. The predicted octanol–water partition coefficient (Wildman–Crippen LogP) is 3.15. The number of rotatable bonds is 7. The van der Waals surface area contributed by atoms with Gasteiger partial charge in [-0.15, -0.1) is 0 Å². The van der Waals surface area contributed by atoms with Crippen LogP contribution in [-0.2, 0) is 28.8 Å². The Bertz CT molecular complexity index is 1040. The molecule has 13 heteroatoms. The van der Waals surface area contributed by atoms with Crippen molar-refractivity contribution in [1.82, 2.24) is 24.5 Å². The average Bonchev–Trinajstić information content (AvgIpc) is 3.44. The quantitative estimate of drug-likeness (QED) is 0.646. The van der Waals surface area contributed by atoms with Crippen molar-refractivity contribution in [2.24, 2.45) is 0 Å². The maximum atomic E-state index is 13.2. The highest BCUT2D eigenvalue weighted by Gasteiger charge is 2.42. The summed E-state index contributed by atoms with van der Waals surface area (Å²) in [6.07, 6.45) is -1.94. The van der Waals surface area contributed by atoms with Crippen LogP contribution in [0.2, 0.25) is 5.02 Å². The van der Waals surface area contributed by atoms with E-state index in [-0.39, 0.29) is 36.2 Å². The maximum absolute atomic E-state index is 13.2. The van der Waals surface area contributed by atoms with Gasteiger partial charge in [0, 0.05) is 32.0 Å². The molecule has 4 rings (SSSR count). The van der Waals surface area contributed by atoms with Crippen molar-refractivity contribution in [3.05, 3.63) is 28.3 Å². The highest BCUT2D eigenvalue weighted by Crippen LogP contribution is 2.46. The van der Waals surface area contributed by atoms with Crippen molar-refractivity contribution in [3.8, 4) is 0 Å². The number of carbonyl (C=O) groups is 2. The molecule has 1 saturated heterocycles. The second-order valence-corrected chi connectivity index (χ2v) is 8.35. The van der Waals surface area contributed by atoms with Crippen LogP contribution in [0.3, 0.4) is 0 Å². The second kappa shape index (κ2) is 9.34. The van der Waals surface area contributed by atoms with Gasteiger partial charge in [0.15, 0.2) is 5.69 Å². The molecule has 0 bridgehead atoms. The minimum absolute atomic E-state index is 0.0673. The highest BCUT2D eigenvalue weighted by atomic mass is 35.5. The van der Waals surface area contributed by atoms with E-state index in [4.69, 9.17) is 16.3 Å². The number of morpholine rings is 1. The van der Waals surface area contributed by atoms with Crippen LogP contribution < -0.4 is 5.32 Å². The van der Waals surface area contributed by atoms with E-state index < -0.39 is 22.8 Å². The monoisotopic (exact) mass is 488 g/mol. The van der Waals surface area contributed by atoms with E-state index >= 15 is 0 Å². The summed E-state index contributed by atoms with van der Waals surface area (Å²) in [5, 5.41) is 10.1. The topological polar surface area (TPSA) is 94.3 Å². The third-order valence-electron chi connectivity index (χ3n) is 5.63. The Hall–Kier alpha value is -2.60. The molecule has 0 atom stereocenters. The Morgan fingerprint density at radius 2 is 1.94 bits per heavy atom. The molecule has 2 fully saturated rings. The lowest BCUT2D eigenvalue weighted by molar-refractivity contribution is -0.141. The number of aryl methyl sites for hydroxylation is 2. The predicted molar refractivity (Wildman–Crippen MR) is 112 cm³/mol. The molecular formula is C20H24ClF3N6O3. The van der Waals surface area contributed by atoms with E-state index in [9.17, 15) is 22.8 Å². The molecule has 1 saturated carbocycles. The fourth-order valence-corrected chi connectivity index (χ4v) is 4.23. The number of carbonyl (C=O) groups excluding carboxylic acids is 2. The molecule has 1 N–H and O–H groups in total. The first kappa shape index (κ1) is 23.6. The second-order valence-electron chi connectivity index (χ2n) is 7.97. The lowest BCUT2D eigenvalue weighted by Gasteiger charge is -2.27. The number of alkyl halides is 3. The van der Waals surface area contributed by atoms with Gasteiger partial charge in [0.1, 0.15) is 5.69 Å². The normalized spacial score (nSPS) is 16.8. The Kier molecular flexibility index (Phi) is 6.66. The fourth-order valence-electron chi connectivity index (χ4n) is 3.83. The van der Waals surface area contributed by atoms with E-state index in [0.717, 1.165) is 12.8 Å². The van der Waals surface area contributed by atoms with Gasteiger partial charge in [-0.1, -0.05) is 11.6 Å². The molecule has 180 valence electrons. The molecule has 2 aliphatic rings. The molecule has 1 aliphatic carbocycles. The lowest BCUT2D eigenvalue weighted by atomic mass is 10.2. The van der Waals surface area contributed by atoms with E-state index in [0.29, 0.717) is 38.5 Å². The van der Waals surface area contributed by atoms with Gasteiger partial charge in [-0.25, -0.2) is 0 Å². The zero-order chi connectivity index (χ0) is 23.8. The van der Waals surface area contributed by atoms with Crippen LogP contribution in [0, 0.1) is 0 Å². The van der Waals surface area contributed by atoms with E-state index in [1.807, 2.05) is 6.92 Å². The first-order valence-corrected chi connectivity index (χ1v) is 11.1. The van der Waals surface area contributed by atoms with E-state index in [1.54, 1.807) is 4.90 Å². The van der Waals surface area contributed by atoms with Crippen LogP contribution in [0.4, 0.5) is 18.9 Å². The van der Waals surface area contributed by atoms with Crippen LogP contribution in [-0.4, -0.2) is 62.6 Å². The molecule has 9 nitrogen and oxygen atoms in total. The van der Waals surface area contributed by atoms with Crippen molar-refractivity contribution in [3.63, 3.8) is 0 Å². The van der Waals surface area contributed by atoms with Crippen LogP contribution in [0.25, 0.3) is 0 Å². The first-order valence-electron chi connectivity index (χ1n) is 10.8. The summed E-state index contributed by atoms with van der Waals surface area (Å²) in [7, 11) is 0. The fraction of sp³-hybridized carbons (Fsp3) is 0.600. The zero-order valence-electron chi connectivity index (χ0n) is 18.0. The zero-order valence-corrected chi connectivity index (χ0v) is 18.7. The summed E-state index contributed by atoms with van der Waals surface area (Å²) >= 11 is 5.98. The number of amides is 2. The summed E-state index contributed by atoms with van der Waals surface area (Å²) in [6, 6.07) is 0. The molecule has 2 aromatic rings. The van der Waals surface area contributed by atoms with Crippen LogP contribution in [0.1, 0.15) is 54.0 Å². The third-order valence-corrected chi connectivity index (χ3v) is 6.00. The molecule has 0 radical (unpaired) electrons. The third kappa shape index (κ3) is 5.01. The van der Waals surface area contributed by atoms with Gasteiger partial charge >= 0.3 is 6.18 Å². The van der Waals surface area contributed by atoms with Crippen molar-refractivity contribution in [2.75, 3.05) is 31.6 Å². The Morgan fingerprint density at radius 1 is 1.24 bits per heavy atom. The number of aromatic nitrogens is 4. The van der Waals surface area contributed by atoms with Gasteiger partial charge in [-0.05, 0) is 19.8 Å². The van der Waals surface area contributed by atoms with E-state index in [1.165, 1.54) is 15.6 Å². The van der Waals surface area contributed by atoms with Crippen LogP contribution in [0.5, 0.6) is 0 Å². The Morgan fingerprint density at radius 3 is 2.55 bits per heavy atom. The van der Waals surface area contributed by atoms with Gasteiger partial charge in [-0.2, -0.15) is 23.4 Å². The standard InChI is InChI=1S/C20H24ClF3N6O3/c1-2-29-17(19(32)28-7-9-33-10-8-28)13(11-25-29)26-14(31)5-6-30-16(12-3-4-12)15(21)18(27-30)20(22,23)24/h11-12H,2-10H2,1H3,(H,26,31). The molecule has 0 unspecified atom stereocenters. The molecule has 0 aromatic carbocycles. The average molecular weight is 489 g/mol. The molecule has 3 heterocycles. The highest BCUT2D eigenvalue weighted by molar-refractivity contribution is 6.32. The van der Waals surface area contributed by atoms with Gasteiger partial charge in [0.05, 0.1) is 42.4 Å². The SMILES string of the molecule is CCn1ncc(NC(=O)CCn2nc(C(F)(F)F)c(Cl)c2C2CC2)c1C(=O)N1CCOCC1. The number of anilines is 1. The van der Waals surface area contributed by atoms with Gasteiger partial charge in [0.25, 0.3) is 5.91 Å². The summed E-state index contributed by atoms with van der Waals surface area (Å²) in [5.74, 6) is -0.814. The molecule has 2 aromatic heterocycles. The number of ether oxygens (including phenoxy) is 1. The van der Waals surface area contributed by atoms with Crippen molar-refractivity contribution < 1.29 is 27.5 Å². The maximum Gasteiger partial charge on any atom is 0.436 e. The van der Waals surface area contributed by atoms with Crippen molar-refractivity contribution in [1.29, 1.82) is 0 Å². The van der Waals surface area contributed by atoms with Crippen LogP contribution in [0.15, 0.2) is 6.20 Å². The Balaban J connectivity index is 1.47. The molecule has 33 heavy (non-hydrogen) atoms. The van der Waals surface area contributed by atoms with E-state index in [2.05, 4.69) is 15.5 Å². The molecule has 2 amide bonds. The minimum atomic E-state index is -4.67. The summed E-state index contributed by atoms with van der Waals surface area (Å²) < 4.78 is 47.6. The van der Waals surface area contributed by atoms with Crippen LogP contribution >= 0.6 is 11.6 Å². The smallest absolute Gasteiger partial charge is 0.378 e. The molecular weight excluding hydrogens is 465 g/mol. The largest absolute Gasteiger partial charge is 0.436 e. The molecule has 1 aliphatic heterocycles. The van der Waals surface area contributed by atoms with Crippen molar-refractivity contribution >= 4 is 29.1 Å². The number of hydrogen-bond donors (Lipinski definition) is 1. The number of nitrogens with one attached hydrogen (secondary N) is 1. The number of halogens is 4. The lowest BCUT2D eigenvalue weighted by Crippen LogP contribution is -2.41. The summed E-state index contributed by atoms with van der Waals surface area (Å²) in [4.78, 5) is 27.3. The minimum Gasteiger partial charge on any atom is -0.378 e. The first-order chi connectivity index (χ1) is 15.7. The van der Waals surface area contributed by atoms with Crippen molar-refractivity contribution in [2.45, 2.75) is 51.4 Å². The van der Waals surface area contributed by atoms with Gasteiger partial charge in [-0.3, -0.25) is 19.0 Å². The summed E-state index contributed by atoms with van der Waals surface area (Å²) in [6.45, 7) is 3.93. The van der Waals surface area contributed by atoms with Gasteiger partial charge < -0.3 is 15.0 Å². The molecule has 0 spiro atoms. The van der Waals surface area contributed by atoms with Gasteiger partial charge in [0.2, 0.25) is 5.91 Å².